The van der Waals surface area contributed by atoms with Crippen LogP contribution in [0.1, 0.15) is 36.9 Å². The van der Waals surface area contributed by atoms with Gasteiger partial charge in [0.1, 0.15) is 0 Å². The Hall–Kier alpha value is -2.88. The minimum Gasteiger partial charge on any atom is -0.350 e. The first-order valence-corrected chi connectivity index (χ1v) is 8.64. The molecule has 128 valence electrons. The van der Waals surface area contributed by atoms with Gasteiger partial charge in [-0.05, 0) is 43.0 Å². The standard InChI is InChI=1S/C21H23N3O/c1-17(19-10-12-20(13-11-19)24-15-14-22-16-24)23-21(25)9-5-8-18-6-3-2-4-7-18/h2-4,6-7,10-17H,5,8-9H2,1H3,(H,23,25). The van der Waals surface area contributed by atoms with Gasteiger partial charge in [0, 0.05) is 24.5 Å². The number of hydrogen-bond acceptors (Lipinski definition) is 2. The van der Waals surface area contributed by atoms with Crippen molar-refractivity contribution in [3.05, 3.63) is 84.4 Å². The maximum atomic E-state index is 12.1. The molecule has 0 aliphatic heterocycles. The van der Waals surface area contributed by atoms with E-state index in [4.69, 9.17) is 0 Å². The molecule has 0 radical (unpaired) electrons. The molecule has 0 aliphatic rings. The number of hydrogen-bond donors (Lipinski definition) is 1. The molecule has 0 fully saturated rings. The molecular formula is C21H23N3O. The summed E-state index contributed by atoms with van der Waals surface area (Å²) in [5.41, 5.74) is 3.43. The second kappa shape index (κ2) is 8.29. The van der Waals surface area contributed by atoms with Gasteiger partial charge in [0.05, 0.1) is 12.4 Å². The van der Waals surface area contributed by atoms with Gasteiger partial charge < -0.3 is 9.88 Å². The summed E-state index contributed by atoms with van der Waals surface area (Å²) in [6.45, 7) is 2.02. The summed E-state index contributed by atoms with van der Waals surface area (Å²) in [7, 11) is 0. The largest absolute Gasteiger partial charge is 0.350 e. The highest BCUT2D eigenvalue weighted by atomic mass is 16.1. The highest BCUT2D eigenvalue weighted by Gasteiger charge is 2.09. The maximum absolute atomic E-state index is 12.1. The smallest absolute Gasteiger partial charge is 0.220 e. The molecule has 1 heterocycles. The molecule has 3 rings (SSSR count). The summed E-state index contributed by atoms with van der Waals surface area (Å²) >= 11 is 0. The van der Waals surface area contributed by atoms with E-state index in [1.165, 1.54) is 5.56 Å². The Bertz CT molecular complexity index is 780. The Morgan fingerprint density at radius 1 is 1.12 bits per heavy atom. The molecule has 1 unspecified atom stereocenters. The fourth-order valence-corrected chi connectivity index (χ4v) is 2.84. The topological polar surface area (TPSA) is 46.9 Å². The number of nitrogens with zero attached hydrogens (tertiary/aromatic N) is 2. The predicted octanol–water partition coefficient (Wildman–Crippen LogP) is 4.07. The molecule has 1 aromatic heterocycles. The monoisotopic (exact) mass is 333 g/mol. The highest BCUT2D eigenvalue weighted by Crippen LogP contribution is 2.16. The van der Waals surface area contributed by atoms with E-state index in [2.05, 4.69) is 22.4 Å². The van der Waals surface area contributed by atoms with Crippen LogP contribution in [0.25, 0.3) is 5.69 Å². The number of aryl methyl sites for hydroxylation is 1. The maximum Gasteiger partial charge on any atom is 0.220 e. The average molecular weight is 333 g/mol. The number of carbonyl (C=O) groups excluding carboxylic acids is 1. The van der Waals surface area contributed by atoms with Crippen LogP contribution in [0.5, 0.6) is 0 Å². The number of aromatic nitrogens is 2. The Labute approximate surface area is 148 Å². The second-order valence-electron chi connectivity index (χ2n) is 6.19. The Kier molecular flexibility index (Phi) is 5.62. The molecule has 0 saturated carbocycles. The van der Waals surface area contributed by atoms with Crippen molar-refractivity contribution in [2.24, 2.45) is 0 Å². The molecule has 0 bridgehead atoms. The Morgan fingerprint density at radius 3 is 2.56 bits per heavy atom. The first-order chi connectivity index (χ1) is 12.2. The van der Waals surface area contributed by atoms with Gasteiger partial charge in [0.15, 0.2) is 0 Å². The number of imidazole rings is 1. The number of amides is 1. The van der Waals surface area contributed by atoms with Crippen molar-refractivity contribution in [2.45, 2.75) is 32.2 Å². The zero-order chi connectivity index (χ0) is 17.5. The molecule has 4 heteroatoms. The SMILES string of the molecule is CC(NC(=O)CCCc1ccccc1)c1ccc(-n2ccnc2)cc1. The predicted molar refractivity (Wildman–Crippen MR) is 99.5 cm³/mol. The van der Waals surface area contributed by atoms with Gasteiger partial charge in [0.2, 0.25) is 5.91 Å². The molecule has 3 aromatic rings. The van der Waals surface area contributed by atoms with E-state index in [0.29, 0.717) is 6.42 Å². The number of carbonyl (C=O) groups is 1. The molecule has 2 aromatic carbocycles. The van der Waals surface area contributed by atoms with Crippen LogP contribution in [0.4, 0.5) is 0 Å². The fourth-order valence-electron chi connectivity index (χ4n) is 2.84. The summed E-state index contributed by atoms with van der Waals surface area (Å²) in [5.74, 6) is 0.0992. The Morgan fingerprint density at radius 2 is 1.88 bits per heavy atom. The third kappa shape index (κ3) is 4.80. The summed E-state index contributed by atoms with van der Waals surface area (Å²) in [6.07, 6.45) is 7.78. The van der Waals surface area contributed by atoms with E-state index in [-0.39, 0.29) is 11.9 Å². The van der Waals surface area contributed by atoms with Gasteiger partial charge >= 0.3 is 0 Å². The molecule has 0 saturated heterocycles. The molecule has 25 heavy (non-hydrogen) atoms. The van der Waals surface area contributed by atoms with Crippen LogP contribution in [-0.2, 0) is 11.2 Å². The summed E-state index contributed by atoms with van der Waals surface area (Å²) in [4.78, 5) is 16.2. The van der Waals surface area contributed by atoms with Gasteiger partial charge in [-0.1, -0.05) is 42.5 Å². The summed E-state index contributed by atoms with van der Waals surface area (Å²) in [6, 6.07) is 18.4. The molecular weight excluding hydrogens is 310 g/mol. The van der Waals surface area contributed by atoms with E-state index in [1.807, 2.05) is 60.2 Å². The summed E-state index contributed by atoms with van der Waals surface area (Å²) < 4.78 is 1.95. The van der Waals surface area contributed by atoms with Crippen LogP contribution in [0.15, 0.2) is 73.3 Å². The zero-order valence-electron chi connectivity index (χ0n) is 14.4. The third-order valence-electron chi connectivity index (χ3n) is 4.29. The quantitative estimate of drug-likeness (QED) is 0.708. The molecule has 0 aliphatic carbocycles. The van der Waals surface area contributed by atoms with Crippen molar-refractivity contribution in [1.82, 2.24) is 14.9 Å². The Balaban J connectivity index is 1.48. The van der Waals surface area contributed by atoms with Crippen molar-refractivity contribution in [1.29, 1.82) is 0 Å². The fraction of sp³-hybridized carbons (Fsp3) is 0.238. The normalized spacial score (nSPS) is 11.9. The number of nitrogens with one attached hydrogen (secondary N) is 1. The lowest BCUT2D eigenvalue weighted by molar-refractivity contribution is -0.121. The average Bonchev–Trinajstić information content (AvgIpc) is 3.17. The van der Waals surface area contributed by atoms with Gasteiger partial charge in [0.25, 0.3) is 0 Å². The summed E-state index contributed by atoms with van der Waals surface area (Å²) in [5, 5.41) is 3.08. The molecule has 1 N–H and O–H groups in total. The van der Waals surface area contributed by atoms with Gasteiger partial charge in [-0.3, -0.25) is 4.79 Å². The van der Waals surface area contributed by atoms with Gasteiger partial charge in [-0.25, -0.2) is 4.98 Å². The first kappa shape index (κ1) is 17.0. The van der Waals surface area contributed by atoms with E-state index < -0.39 is 0 Å². The third-order valence-corrected chi connectivity index (χ3v) is 4.29. The zero-order valence-corrected chi connectivity index (χ0v) is 14.4. The van der Waals surface area contributed by atoms with E-state index >= 15 is 0 Å². The van der Waals surface area contributed by atoms with Gasteiger partial charge in [-0.15, -0.1) is 0 Å². The highest BCUT2D eigenvalue weighted by molar-refractivity contribution is 5.76. The van der Waals surface area contributed by atoms with Crippen molar-refractivity contribution < 1.29 is 4.79 Å². The van der Waals surface area contributed by atoms with Crippen LogP contribution in [0.2, 0.25) is 0 Å². The van der Waals surface area contributed by atoms with E-state index in [9.17, 15) is 4.79 Å². The number of benzene rings is 2. The lowest BCUT2D eigenvalue weighted by Gasteiger charge is -2.15. The van der Waals surface area contributed by atoms with Crippen molar-refractivity contribution in [3.8, 4) is 5.69 Å². The van der Waals surface area contributed by atoms with Crippen molar-refractivity contribution >= 4 is 5.91 Å². The minimum absolute atomic E-state index is 0.000984. The van der Waals surface area contributed by atoms with Crippen LogP contribution in [0, 0.1) is 0 Å². The van der Waals surface area contributed by atoms with Crippen LogP contribution in [0.3, 0.4) is 0 Å². The van der Waals surface area contributed by atoms with Crippen LogP contribution >= 0.6 is 0 Å². The van der Waals surface area contributed by atoms with Crippen LogP contribution in [-0.4, -0.2) is 15.5 Å². The van der Waals surface area contributed by atoms with Crippen molar-refractivity contribution in [3.63, 3.8) is 0 Å². The lowest BCUT2D eigenvalue weighted by Crippen LogP contribution is -2.26. The lowest BCUT2D eigenvalue weighted by atomic mass is 10.1. The molecule has 0 spiro atoms. The first-order valence-electron chi connectivity index (χ1n) is 8.64. The molecule has 1 atom stereocenters. The van der Waals surface area contributed by atoms with Crippen LogP contribution < -0.4 is 5.32 Å². The molecule has 1 amide bonds. The van der Waals surface area contributed by atoms with Gasteiger partial charge in [-0.2, -0.15) is 0 Å². The molecule has 4 nitrogen and oxygen atoms in total. The number of rotatable bonds is 7. The minimum atomic E-state index is 0.000984. The van der Waals surface area contributed by atoms with E-state index in [0.717, 1.165) is 24.1 Å². The van der Waals surface area contributed by atoms with E-state index in [1.54, 1.807) is 12.5 Å². The van der Waals surface area contributed by atoms with Crippen molar-refractivity contribution in [2.75, 3.05) is 0 Å². The second-order valence-corrected chi connectivity index (χ2v) is 6.19.